The van der Waals surface area contributed by atoms with Gasteiger partial charge in [0.05, 0.1) is 6.10 Å². The van der Waals surface area contributed by atoms with Crippen LogP contribution in [0.25, 0.3) is 0 Å². The predicted octanol–water partition coefficient (Wildman–Crippen LogP) is 5.06. The fourth-order valence-electron chi connectivity index (χ4n) is 8.57. The Morgan fingerprint density at radius 2 is 1.81 bits per heavy atom. The van der Waals surface area contributed by atoms with E-state index in [-0.39, 0.29) is 28.8 Å². The first-order valence-electron chi connectivity index (χ1n) is 13.3. The summed E-state index contributed by atoms with van der Waals surface area (Å²) >= 11 is 0. The molecule has 0 radical (unpaired) electrons. The van der Waals surface area contributed by atoms with Gasteiger partial charge < -0.3 is 14.9 Å². The van der Waals surface area contributed by atoms with Gasteiger partial charge in [-0.15, -0.1) is 0 Å². The van der Waals surface area contributed by atoms with E-state index in [1.54, 1.807) is 0 Å². The molecule has 5 rings (SSSR count). The normalized spacial score (nSPS) is 51.3. The molecule has 0 bridgehead atoms. The molecule has 0 aromatic rings. The van der Waals surface area contributed by atoms with Crippen LogP contribution in [0.1, 0.15) is 92.9 Å². The summed E-state index contributed by atoms with van der Waals surface area (Å²) in [5, 5.41) is 21.6. The van der Waals surface area contributed by atoms with Crippen molar-refractivity contribution in [1.82, 2.24) is 0 Å². The van der Waals surface area contributed by atoms with Gasteiger partial charge >= 0.3 is 0 Å². The van der Waals surface area contributed by atoms with Gasteiger partial charge in [0.1, 0.15) is 17.8 Å². The molecule has 0 amide bonds. The molecular formula is C28H44O4. The number of fused-ring (bicyclic) bond motifs is 1. The topological polar surface area (TPSA) is 70.1 Å². The molecule has 1 heterocycles. The Labute approximate surface area is 194 Å². The summed E-state index contributed by atoms with van der Waals surface area (Å²) in [5.41, 5.74) is 0.786. The monoisotopic (exact) mass is 444 g/mol. The van der Waals surface area contributed by atoms with Crippen LogP contribution >= 0.6 is 0 Å². The fourth-order valence-corrected chi connectivity index (χ4v) is 8.57. The van der Waals surface area contributed by atoms with Gasteiger partial charge in [-0.05, 0) is 74.5 Å². The lowest BCUT2D eigenvalue weighted by Gasteiger charge is -2.52. The van der Waals surface area contributed by atoms with Gasteiger partial charge in [0.15, 0.2) is 5.78 Å². The first-order chi connectivity index (χ1) is 15.0. The Kier molecular flexibility index (Phi) is 5.33. The second-order valence-corrected chi connectivity index (χ2v) is 13.0. The van der Waals surface area contributed by atoms with Gasteiger partial charge in [-0.3, -0.25) is 4.79 Å². The highest BCUT2D eigenvalue weighted by Gasteiger charge is 2.76. The number of Topliss-reactive ketones (excluding diaryl/α,β-unsaturated/α-hetero) is 1. The molecule has 0 aromatic carbocycles. The Bertz CT molecular complexity index is 831. The Morgan fingerprint density at radius 1 is 1.09 bits per heavy atom. The van der Waals surface area contributed by atoms with E-state index < -0.39 is 11.7 Å². The number of rotatable bonds is 4. The van der Waals surface area contributed by atoms with Gasteiger partial charge in [0, 0.05) is 22.8 Å². The quantitative estimate of drug-likeness (QED) is 0.595. The number of ketones is 1. The molecule has 5 aliphatic rings. The molecule has 180 valence electrons. The Morgan fingerprint density at radius 3 is 2.50 bits per heavy atom. The maximum absolute atomic E-state index is 14.2. The highest BCUT2D eigenvalue weighted by molar-refractivity contribution is 6.03. The smallest absolute Gasteiger partial charge is 0.167 e. The third-order valence-corrected chi connectivity index (χ3v) is 11.3. The highest BCUT2D eigenvalue weighted by Crippen LogP contribution is 2.69. The minimum Gasteiger partial charge on any atom is -0.393 e. The molecule has 0 aromatic heterocycles. The largest absolute Gasteiger partial charge is 0.393 e. The number of epoxide rings is 1. The predicted molar refractivity (Wildman–Crippen MR) is 125 cm³/mol. The second-order valence-electron chi connectivity index (χ2n) is 13.0. The van der Waals surface area contributed by atoms with Crippen molar-refractivity contribution < 1.29 is 19.7 Å². The van der Waals surface area contributed by atoms with Crippen LogP contribution in [0.2, 0.25) is 0 Å². The molecule has 3 fully saturated rings. The zero-order valence-electron chi connectivity index (χ0n) is 21.0. The average Bonchev–Trinajstić information content (AvgIpc) is 3.35. The van der Waals surface area contributed by atoms with Gasteiger partial charge in [-0.25, -0.2) is 0 Å². The van der Waals surface area contributed by atoms with E-state index in [1.807, 2.05) is 0 Å². The van der Waals surface area contributed by atoms with Crippen LogP contribution in [0.4, 0.5) is 0 Å². The molecular weight excluding hydrogens is 400 g/mol. The van der Waals surface area contributed by atoms with E-state index in [0.29, 0.717) is 41.6 Å². The third-order valence-electron chi connectivity index (χ3n) is 11.3. The molecule has 2 saturated carbocycles. The number of hydrogen-bond acceptors (Lipinski definition) is 4. The fraction of sp³-hybridized carbons (Fsp3) is 0.893. The van der Waals surface area contributed by atoms with Crippen molar-refractivity contribution in [2.45, 2.75) is 117 Å². The first kappa shape index (κ1) is 23.1. The SMILES string of the molecule is CC(C)C(C)CC1CCC(C2(C)CCC3=C(C2=O)C(O)C2OC24CC(O)CCC34C)C1C. The van der Waals surface area contributed by atoms with Crippen molar-refractivity contribution in [3.8, 4) is 0 Å². The van der Waals surface area contributed by atoms with Crippen molar-refractivity contribution in [2.75, 3.05) is 0 Å². The summed E-state index contributed by atoms with van der Waals surface area (Å²) in [6.45, 7) is 13.8. The molecule has 1 spiro atoms. The van der Waals surface area contributed by atoms with E-state index in [9.17, 15) is 15.0 Å². The number of carbonyl (C=O) groups excluding carboxylic acids is 1. The summed E-state index contributed by atoms with van der Waals surface area (Å²) in [7, 11) is 0. The number of hydrogen-bond donors (Lipinski definition) is 2. The zero-order valence-corrected chi connectivity index (χ0v) is 21.0. The lowest BCUT2D eigenvalue weighted by Crippen LogP contribution is -2.56. The van der Waals surface area contributed by atoms with Gasteiger partial charge in [-0.1, -0.05) is 47.1 Å². The molecule has 4 aliphatic carbocycles. The van der Waals surface area contributed by atoms with Crippen molar-refractivity contribution in [2.24, 2.45) is 40.4 Å². The summed E-state index contributed by atoms with van der Waals surface area (Å²) in [4.78, 5) is 14.2. The van der Waals surface area contributed by atoms with Crippen LogP contribution < -0.4 is 0 Å². The van der Waals surface area contributed by atoms with Crippen LogP contribution in [0.15, 0.2) is 11.1 Å². The maximum atomic E-state index is 14.2. The molecule has 4 heteroatoms. The lowest BCUT2D eigenvalue weighted by atomic mass is 9.50. The highest BCUT2D eigenvalue weighted by atomic mass is 16.6. The summed E-state index contributed by atoms with van der Waals surface area (Å²) in [5.74, 6) is 3.26. The molecule has 10 unspecified atom stereocenters. The van der Waals surface area contributed by atoms with Gasteiger partial charge in [-0.2, -0.15) is 0 Å². The van der Waals surface area contributed by atoms with Crippen LogP contribution in [0.5, 0.6) is 0 Å². The van der Waals surface area contributed by atoms with Crippen LogP contribution in [0, 0.1) is 40.4 Å². The number of ether oxygens (including phenoxy) is 1. The number of carbonyl (C=O) groups is 1. The number of aliphatic hydroxyl groups is 2. The van der Waals surface area contributed by atoms with Gasteiger partial charge in [0.25, 0.3) is 0 Å². The summed E-state index contributed by atoms with van der Waals surface area (Å²) < 4.78 is 6.19. The molecule has 1 saturated heterocycles. The average molecular weight is 445 g/mol. The molecule has 10 atom stereocenters. The van der Waals surface area contributed by atoms with Crippen LogP contribution in [0.3, 0.4) is 0 Å². The van der Waals surface area contributed by atoms with Crippen LogP contribution in [-0.4, -0.2) is 39.9 Å². The summed E-state index contributed by atoms with van der Waals surface area (Å²) in [6, 6.07) is 0. The molecule has 1 aliphatic heterocycles. The maximum Gasteiger partial charge on any atom is 0.167 e. The minimum absolute atomic E-state index is 0.206. The lowest BCUT2D eigenvalue weighted by molar-refractivity contribution is -0.131. The minimum atomic E-state index is -0.830. The van der Waals surface area contributed by atoms with Crippen molar-refractivity contribution >= 4 is 5.78 Å². The molecule has 32 heavy (non-hydrogen) atoms. The van der Waals surface area contributed by atoms with E-state index in [2.05, 4.69) is 41.5 Å². The van der Waals surface area contributed by atoms with Crippen molar-refractivity contribution in [3.05, 3.63) is 11.1 Å². The van der Waals surface area contributed by atoms with Crippen LogP contribution in [-0.2, 0) is 9.53 Å². The standard InChI is InChI=1S/C28H44O4/c1-15(2)16(3)13-18-7-8-20(17(18)4)26(5)11-10-21-22(24(26)31)23(30)25-28(32-25)14-19(29)9-12-27(21,28)6/h15-20,23,25,29-30H,7-14H2,1-6H3. The van der Waals surface area contributed by atoms with Gasteiger partial charge in [0.2, 0.25) is 0 Å². The van der Waals surface area contributed by atoms with E-state index in [0.717, 1.165) is 37.7 Å². The first-order valence-corrected chi connectivity index (χ1v) is 13.3. The second kappa shape index (κ2) is 7.39. The Balaban J connectivity index is 1.43. The zero-order chi connectivity index (χ0) is 23.2. The van der Waals surface area contributed by atoms with E-state index in [1.165, 1.54) is 12.8 Å². The third kappa shape index (κ3) is 2.94. The summed E-state index contributed by atoms with van der Waals surface area (Å²) in [6.07, 6.45) is 6.05. The molecule has 2 N–H and O–H groups in total. The van der Waals surface area contributed by atoms with E-state index in [4.69, 9.17) is 4.74 Å². The Hall–Kier alpha value is -0.710. The van der Waals surface area contributed by atoms with Crippen molar-refractivity contribution in [1.29, 1.82) is 0 Å². The number of aliphatic hydroxyl groups excluding tert-OH is 2. The van der Waals surface area contributed by atoms with E-state index >= 15 is 0 Å². The molecule has 4 nitrogen and oxygen atoms in total. The van der Waals surface area contributed by atoms with Crippen molar-refractivity contribution in [3.63, 3.8) is 0 Å².